The lowest BCUT2D eigenvalue weighted by atomic mass is 9.73. The Morgan fingerprint density at radius 2 is 2.00 bits per heavy atom. The van der Waals surface area contributed by atoms with Gasteiger partial charge in [-0.1, -0.05) is 42.5 Å². The zero-order valence-corrected chi connectivity index (χ0v) is 15.2. The summed E-state index contributed by atoms with van der Waals surface area (Å²) >= 11 is 0. The molecule has 3 heterocycles. The number of hydrogen-bond acceptors (Lipinski definition) is 5. The molecule has 0 radical (unpaired) electrons. The molecule has 2 bridgehead atoms. The Morgan fingerprint density at radius 3 is 2.82 bits per heavy atom. The van der Waals surface area contributed by atoms with Gasteiger partial charge in [-0.15, -0.1) is 0 Å². The van der Waals surface area contributed by atoms with Crippen LogP contribution in [0.5, 0.6) is 0 Å². The second kappa shape index (κ2) is 6.48. The highest BCUT2D eigenvalue weighted by Crippen LogP contribution is 2.56. The Kier molecular flexibility index (Phi) is 4.05. The fraction of sp³-hybridized carbons (Fsp3) is 0.286. The van der Waals surface area contributed by atoms with E-state index in [9.17, 15) is 14.8 Å². The van der Waals surface area contributed by atoms with Crippen molar-refractivity contribution in [3.63, 3.8) is 0 Å². The molecule has 2 aromatic carbocycles. The maximum atomic E-state index is 12.2. The molecule has 28 heavy (non-hydrogen) atoms. The summed E-state index contributed by atoms with van der Waals surface area (Å²) in [5.74, 6) is -0.872. The van der Waals surface area contributed by atoms with Gasteiger partial charge in [0.2, 0.25) is 6.41 Å². The van der Waals surface area contributed by atoms with E-state index < -0.39 is 18.8 Å². The van der Waals surface area contributed by atoms with Crippen LogP contribution in [0.1, 0.15) is 35.6 Å². The Labute approximate surface area is 162 Å². The first-order valence-corrected chi connectivity index (χ1v) is 9.46. The van der Waals surface area contributed by atoms with Gasteiger partial charge in [-0.05, 0) is 30.0 Å². The molecule has 0 unspecified atom stereocenters. The third-order valence-corrected chi connectivity index (χ3v) is 6.03. The van der Waals surface area contributed by atoms with Gasteiger partial charge in [0.1, 0.15) is 5.58 Å². The van der Waals surface area contributed by atoms with Gasteiger partial charge >= 0.3 is 7.12 Å². The molecule has 2 aliphatic rings. The molecule has 7 heteroatoms. The topological polar surface area (TPSA) is 83.1 Å². The molecule has 0 spiro atoms. The first kappa shape index (κ1) is 17.5. The van der Waals surface area contributed by atoms with E-state index in [0.717, 1.165) is 34.1 Å². The Balaban J connectivity index is 1.55. The minimum absolute atomic E-state index is 0.0649. The van der Waals surface area contributed by atoms with Crippen LogP contribution in [0.4, 0.5) is 0 Å². The number of para-hydroxylation sites is 1. The maximum absolute atomic E-state index is 12.2. The molecule has 1 amide bonds. The summed E-state index contributed by atoms with van der Waals surface area (Å²) in [6.07, 6.45) is 3.89. The second-order valence-corrected chi connectivity index (χ2v) is 7.47. The minimum Gasteiger partial charge on any atom is -0.464 e. The summed E-state index contributed by atoms with van der Waals surface area (Å²) in [5, 5.41) is 21.3. The molecular weight excluding hydrogens is 357 g/mol. The summed E-state index contributed by atoms with van der Waals surface area (Å²) < 4.78 is 11.9. The van der Waals surface area contributed by atoms with Crippen molar-refractivity contribution in [2.45, 2.75) is 37.0 Å². The van der Waals surface area contributed by atoms with Crippen molar-refractivity contribution in [3.8, 4) is 0 Å². The smallest absolute Gasteiger partial charge is 0.464 e. The van der Waals surface area contributed by atoms with Crippen LogP contribution in [0.25, 0.3) is 11.0 Å². The number of rotatable bonds is 6. The molecule has 5 rings (SSSR count). The molecule has 0 aliphatic carbocycles. The lowest BCUT2D eigenvalue weighted by Crippen LogP contribution is -2.56. The second-order valence-electron chi connectivity index (χ2n) is 7.47. The highest BCUT2D eigenvalue weighted by molar-refractivity contribution is 6.43. The van der Waals surface area contributed by atoms with Gasteiger partial charge in [-0.3, -0.25) is 4.79 Å². The zero-order chi connectivity index (χ0) is 19.3. The van der Waals surface area contributed by atoms with E-state index in [0.29, 0.717) is 12.8 Å². The first-order chi connectivity index (χ1) is 13.6. The van der Waals surface area contributed by atoms with Gasteiger partial charge < -0.3 is 24.1 Å². The molecule has 1 saturated heterocycles. The quantitative estimate of drug-likeness (QED) is 0.510. The number of nitrogens with zero attached hydrogens (tertiary/aromatic N) is 1. The summed E-state index contributed by atoms with van der Waals surface area (Å²) in [4.78, 5) is 13.7. The van der Waals surface area contributed by atoms with Crippen molar-refractivity contribution >= 4 is 24.5 Å². The third kappa shape index (κ3) is 2.44. The van der Waals surface area contributed by atoms with E-state index >= 15 is 0 Å². The van der Waals surface area contributed by atoms with Crippen molar-refractivity contribution in [1.82, 2.24) is 4.90 Å². The molecule has 1 aromatic heterocycles. The molecule has 2 N–H and O–H groups in total. The highest BCUT2D eigenvalue weighted by atomic mass is 16.5. The van der Waals surface area contributed by atoms with Crippen molar-refractivity contribution in [3.05, 3.63) is 71.5 Å². The van der Waals surface area contributed by atoms with E-state index in [2.05, 4.69) is 0 Å². The fourth-order valence-corrected chi connectivity index (χ4v) is 4.75. The molecule has 3 atom stereocenters. The van der Waals surface area contributed by atoms with Crippen LogP contribution in [-0.2, 0) is 21.7 Å². The van der Waals surface area contributed by atoms with Gasteiger partial charge in [0.05, 0.1) is 18.3 Å². The number of fused-ring (bicyclic) bond motifs is 6. The van der Waals surface area contributed by atoms with Crippen LogP contribution in [0, 0.1) is 0 Å². The van der Waals surface area contributed by atoms with Gasteiger partial charge in [0, 0.05) is 17.4 Å². The predicted molar refractivity (Wildman–Crippen MR) is 103 cm³/mol. The van der Waals surface area contributed by atoms with E-state index in [-0.39, 0.29) is 12.5 Å². The molecule has 0 saturated carbocycles. The minimum atomic E-state index is -1.72. The van der Waals surface area contributed by atoms with Crippen LogP contribution < -0.4 is 0 Å². The summed E-state index contributed by atoms with van der Waals surface area (Å²) in [6.45, 7) is 0. The lowest BCUT2D eigenvalue weighted by Gasteiger charge is -2.41. The molecule has 3 aromatic rings. The van der Waals surface area contributed by atoms with Crippen LogP contribution in [0.3, 0.4) is 0 Å². The lowest BCUT2D eigenvalue weighted by molar-refractivity contribution is -0.162. The molecule has 2 aliphatic heterocycles. The SMILES string of the molecule is O=CN([C@H](Cc1coc2ccccc12)B(O)O)[C@]12CC[C@H](O1)c1ccccc12. The summed E-state index contributed by atoms with van der Waals surface area (Å²) in [6, 6.07) is 15.4. The van der Waals surface area contributed by atoms with E-state index in [1.807, 2.05) is 48.5 Å². The van der Waals surface area contributed by atoms with E-state index in [1.54, 1.807) is 6.26 Å². The monoisotopic (exact) mass is 377 g/mol. The summed E-state index contributed by atoms with van der Waals surface area (Å²) in [7, 11) is -1.72. The van der Waals surface area contributed by atoms with Gasteiger partial charge in [0.15, 0.2) is 5.72 Å². The van der Waals surface area contributed by atoms with Crippen LogP contribution >= 0.6 is 0 Å². The van der Waals surface area contributed by atoms with Crippen LogP contribution in [0.2, 0.25) is 0 Å². The van der Waals surface area contributed by atoms with Crippen LogP contribution in [0.15, 0.2) is 59.2 Å². The number of amides is 1. The maximum Gasteiger partial charge on any atom is 0.476 e. The number of ether oxygens (including phenoxy) is 1. The standard InChI is InChI=1S/C21H20BNO5/c24-13-23(21-10-9-19(28-21)16-6-1-3-7-17(16)21)20(22(25)26)11-14-12-27-18-8-4-2-5-15(14)18/h1-8,12-13,19-20,25-26H,9-11H2/t19-,20+,21+/m0/s1. The van der Waals surface area contributed by atoms with Gasteiger partial charge in [0.25, 0.3) is 0 Å². The average Bonchev–Trinajstić information content (AvgIpc) is 3.41. The number of carbonyl (C=O) groups is 1. The van der Waals surface area contributed by atoms with Crippen molar-refractivity contribution in [1.29, 1.82) is 0 Å². The first-order valence-electron chi connectivity index (χ1n) is 9.46. The van der Waals surface area contributed by atoms with E-state index in [1.165, 1.54) is 4.90 Å². The number of benzene rings is 2. The average molecular weight is 377 g/mol. The van der Waals surface area contributed by atoms with Crippen LogP contribution in [-0.4, -0.2) is 34.4 Å². The molecular formula is C21H20BNO5. The van der Waals surface area contributed by atoms with E-state index in [4.69, 9.17) is 9.15 Å². The van der Waals surface area contributed by atoms with Crippen molar-refractivity contribution in [2.24, 2.45) is 0 Å². The van der Waals surface area contributed by atoms with Gasteiger partial charge in [-0.25, -0.2) is 0 Å². The number of carbonyl (C=O) groups excluding carboxylic acids is 1. The van der Waals surface area contributed by atoms with Gasteiger partial charge in [-0.2, -0.15) is 0 Å². The number of furan rings is 1. The zero-order valence-electron chi connectivity index (χ0n) is 15.2. The predicted octanol–water partition coefficient (Wildman–Crippen LogP) is 2.53. The Bertz CT molecular complexity index is 1030. The summed E-state index contributed by atoms with van der Waals surface area (Å²) in [5.41, 5.74) is 2.58. The normalized spacial score (nSPS) is 23.6. The molecule has 6 nitrogen and oxygen atoms in total. The highest BCUT2D eigenvalue weighted by Gasteiger charge is 2.56. The Hall–Kier alpha value is -2.61. The third-order valence-electron chi connectivity index (χ3n) is 6.03. The Morgan fingerprint density at radius 1 is 1.21 bits per heavy atom. The molecule has 1 fully saturated rings. The van der Waals surface area contributed by atoms with Crippen molar-refractivity contribution in [2.75, 3.05) is 0 Å². The number of hydrogen-bond donors (Lipinski definition) is 2. The largest absolute Gasteiger partial charge is 0.476 e. The van der Waals surface area contributed by atoms with Crippen molar-refractivity contribution < 1.29 is 24.0 Å². The molecule has 142 valence electrons. The fourth-order valence-electron chi connectivity index (χ4n) is 4.75.